The highest BCUT2D eigenvalue weighted by Crippen LogP contribution is 2.28. The van der Waals surface area contributed by atoms with Gasteiger partial charge in [-0.3, -0.25) is 0 Å². The molecule has 0 heterocycles. The van der Waals surface area contributed by atoms with Crippen LogP contribution in [0.25, 0.3) is 0 Å². The summed E-state index contributed by atoms with van der Waals surface area (Å²) < 4.78 is 6.17. The monoisotopic (exact) mass is 388 g/mol. The summed E-state index contributed by atoms with van der Waals surface area (Å²) in [6.07, 6.45) is 2.49. The van der Waals surface area contributed by atoms with E-state index in [0.29, 0.717) is 11.1 Å². The first-order chi connectivity index (χ1) is 10.2. The van der Waals surface area contributed by atoms with E-state index in [2.05, 4.69) is 26.6 Å². The molecule has 22 heavy (non-hydrogen) atoms. The van der Waals surface area contributed by atoms with Gasteiger partial charge in [-0.1, -0.05) is 11.6 Å². The second kappa shape index (κ2) is 7.09. The molecule has 0 aliphatic heterocycles. The summed E-state index contributed by atoms with van der Waals surface area (Å²) in [5, 5.41) is 7.09. The van der Waals surface area contributed by atoms with Crippen LogP contribution in [0.4, 0.5) is 10.5 Å². The Morgan fingerprint density at radius 2 is 2.00 bits per heavy atom. The average Bonchev–Trinajstić information content (AvgIpc) is 2.78. The largest absolute Gasteiger partial charge is 0.444 e. The summed E-state index contributed by atoms with van der Waals surface area (Å²) in [7, 11) is 0. The lowest BCUT2D eigenvalue weighted by Crippen LogP contribution is -2.38. The molecule has 122 valence electrons. The Labute approximate surface area is 145 Å². The lowest BCUT2D eigenvalue weighted by molar-refractivity contribution is 0.0505. The Morgan fingerprint density at radius 3 is 2.64 bits per heavy atom. The van der Waals surface area contributed by atoms with Crippen LogP contribution in [-0.2, 0) is 4.74 Å². The van der Waals surface area contributed by atoms with Gasteiger partial charge in [0.1, 0.15) is 5.60 Å². The van der Waals surface area contributed by atoms with Crippen molar-refractivity contribution < 1.29 is 9.53 Å². The Balaban J connectivity index is 1.82. The Bertz CT molecular complexity index is 545. The van der Waals surface area contributed by atoms with Crippen LogP contribution < -0.4 is 10.6 Å². The number of rotatable bonds is 3. The number of anilines is 1. The third-order valence-corrected chi connectivity index (χ3v) is 4.68. The van der Waals surface area contributed by atoms with Crippen LogP contribution in [0, 0.1) is 0 Å². The van der Waals surface area contributed by atoms with Gasteiger partial charge in [0.15, 0.2) is 0 Å². The number of nitrogens with one attached hydrogen (secondary N) is 2. The summed E-state index contributed by atoms with van der Waals surface area (Å²) in [6.45, 7) is 5.59. The smallest absolute Gasteiger partial charge is 0.407 e. The molecule has 1 fully saturated rings. The lowest BCUT2D eigenvalue weighted by Gasteiger charge is -2.22. The van der Waals surface area contributed by atoms with Crippen LogP contribution in [0.1, 0.15) is 40.0 Å². The van der Waals surface area contributed by atoms with Crippen molar-refractivity contribution >= 4 is 39.3 Å². The second-order valence-corrected chi connectivity index (χ2v) is 7.89. The van der Waals surface area contributed by atoms with Crippen molar-refractivity contribution in [2.45, 2.75) is 57.7 Å². The molecule has 1 aliphatic rings. The van der Waals surface area contributed by atoms with Gasteiger partial charge >= 0.3 is 6.09 Å². The molecule has 1 saturated carbocycles. The van der Waals surface area contributed by atoms with Crippen molar-refractivity contribution in [2.24, 2.45) is 0 Å². The molecule has 0 radical (unpaired) electrons. The van der Waals surface area contributed by atoms with E-state index < -0.39 is 5.60 Å². The number of alkyl carbamates (subject to hydrolysis) is 1. The summed E-state index contributed by atoms with van der Waals surface area (Å²) >= 11 is 9.48. The molecule has 2 N–H and O–H groups in total. The fourth-order valence-corrected chi connectivity index (χ4v) is 2.97. The molecule has 0 bridgehead atoms. The maximum absolute atomic E-state index is 11.8. The quantitative estimate of drug-likeness (QED) is 0.768. The number of amides is 1. The van der Waals surface area contributed by atoms with Gasteiger partial charge in [-0.15, -0.1) is 0 Å². The standard InChI is InChI=1S/C16H22BrClN2O2/c1-16(2,3)22-15(21)20-11-5-4-10(8-11)19-12-6-7-13(17)14(18)9-12/h6-7,9-11,19H,4-5,8H2,1-3H3,(H,20,21). The summed E-state index contributed by atoms with van der Waals surface area (Å²) in [6, 6.07) is 6.30. The Morgan fingerprint density at radius 1 is 1.32 bits per heavy atom. The summed E-state index contributed by atoms with van der Waals surface area (Å²) in [4.78, 5) is 11.8. The molecule has 0 spiro atoms. The van der Waals surface area contributed by atoms with Crippen molar-refractivity contribution in [1.29, 1.82) is 0 Å². The summed E-state index contributed by atoms with van der Waals surface area (Å²) in [5.74, 6) is 0. The van der Waals surface area contributed by atoms with Gasteiger partial charge in [-0.25, -0.2) is 4.79 Å². The van der Waals surface area contributed by atoms with Gasteiger partial charge < -0.3 is 15.4 Å². The van der Waals surface area contributed by atoms with E-state index in [1.165, 1.54) is 0 Å². The van der Waals surface area contributed by atoms with Crippen molar-refractivity contribution in [3.63, 3.8) is 0 Å². The minimum Gasteiger partial charge on any atom is -0.444 e. The number of hydrogen-bond donors (Lipinski definition) is 2. The minimum absolute atomic E-state index is 0.151. The van der Waals surface area contributed by atoms with Crippen molar-refractivity contribution in [1.82, 2.24) is 5.32 Å². The maximum atomic E-state index is 11.8. The van der Waals surface area contributed by atoms with E-state index in [0.717, 1.165) is 29.4 Å². The number of benzene rings is 1. The van der Waals surface area contributed by atoms with E-state index >= 15 is 0 Å². The zero-order valence-corrected chi connectivity index (χ0v) is 15.4. The molecule has 1 aromatic rings. The van der Waals surface area contributed by atoms with Crippen LogP contribution in [-0.4, -0.2) is 23.8 Å². The van der Waals surface area contributed by atoms with Gasteiger partial charge in [-0.05, 0) is 74.2 Å². The van der Waals surface area contributed by atoms with Crippen LogP contribution in [0.2, 0.25) is 5.02 Å². The summed E-state index contributed by atoms with van der Waals surface area (Å²) in [5.41, 5.74) is 0.533. The molecule has 1 aromatic carbocycles. The van der Waals surface area contributed by atoms with E-state index in [9.17, 15) is 4.79 Å². The fourth-order valence-electron chi connectivity index (χ4n) is 2.54. The molecular weight excluding hydrogens is 368 g/mol. The predicted molar refractivity (Wildman–Crippen MR) is 93.6 cm³/mol. The molecule has 1 aliphatic carbocycles. The van der Waals surface area contributed by atoms with Gasteiger partial charge in [0.25, 0.3) is 0 Å². The van der Waals surface area contributed by atoms with Gasteiger partial charge in [0, 0.05) is 22.2 Å². The highest BCUT2D eigenvalue weighted by atomic mass is 79.9. The van der Waals surface area contributed by atoms with Crippen LogP contribution in [0.3, 0.4) is 0 Å². The van der Waals surface area contributed by atoms with Gasteiger partial charge in [0.2, 0.25) is 0 Å². The lowest BCUT2D eigenvalue weighted by atomic mass is 10.2. The number of hydrogen-bond acceptors (Lipinski definition) is 3. The Hall–Kier alpha value is -0.940. The van der Waals surface area contributed by atoms with Gasteiger partial charge in [-0.2, -0.15) is 0 Å². The van der Waals surface area contributed by atoms with Crippen LogP contribution in [0.15, 0.2) is 22.7 Å². The third kappa shape index (κ3) is 5.36. The first kappa shape index (κ1) is 17.4. The van der Waals surface area contributed by atoms with Gasteiger partial charge in [0.05, 0.1) is 5.02 Å². The zero-order chi connectivity index (χ0) is 16.3. The second-order valence-electron chi connectivity index (χ2n) is 6.63. The zero-order valence-electron chi connectivity index (χ0n) is 13.1. The maximum Gasteiger partial charge on any atom is 0.407 e. The molecule has 2 rings (SSSR count). The fraction of sp³-hybridized carbons (Fsp3) is 0.562. The molecule has 2 unspecified atom stereocenters. The normalized spacial score (nSPS) is 21.5. The first-order valence-electron chi connectivity index (χ1n) is 7.44. The number of halogens is 2. The third-order valence-electron chi connectivity index (χ3n) is 3.44. The molecule has 0 aromatic heterocycles. The van der Waals surface area contributed by atoms with Crippen molar-refractivity contribution in [3.05, 3.63) is 27.7 Å². The van der Waals surface area contributed by atoms with Crippen molar-refractivity contribution in [3.8, 4) is 0 Å². The van der Waals surface area contributed by atoms with E-state index in [-0.39, 0.29) is 12.1 Å². The van der Waals surface area contributed by atoms with Crippen LogP contribution >= 0.6 is 27.5 Å². The highest BCUT2D eigenvalue weighted by molar-refractivity contribution is 9.10. The molecule has 0 saturated heterocycles. The van der Waals surface area contributed by atoms with E-state index in [4.69, 9.17) is 16.3 Å². The SMILES string of the molecule is CC(C)(C)OC(=O)NC1CCC(Nc2ccc(Br)c(Cl)c2)C1. The molecule has 2 atom stereocenters. The average molecular weight is 390 g/mol. The number of carbonyl (C=O) groups is 1. The molecule has 4 nitrogen and oxygen atoms in total. The minimum atomic E-state index is -0.464. The van der Waals surface area contributed by atoms with E-state index in [1.54, 1.807) is 0 Å². The van der Waals surface area contributed by atoms with Crippen LogP contribution in [0.5, 0.6) is 0 Å². The first-order valence-corrected chi connectivity index (χ1v) is 8.61. The molecule has 6 heteroatoms. The topological polar surface area (TPSA) is 50.4 Å². The molecule has 1 amide bonds. The number of carbonyl (C=O) groups excluding carboxylic acids is 1. The predicted octanol–water partition coefficient (Wildman–Crippen LogP) is 4.96. The Kier molecular flexibility index (Phi) is 5.61. The number of ether oxygens (including phenoxy) is 1. The van der Waals surface area contributed by atoms with E-state index in [1.807, 2.05) is 39.0 Å². The molecular formula is C16H22BrClN2O2. The van der Waals surface area contributed by atoms with Crippen molar-refractivity contribution in [2.75, 3.05) is 5.32 Å². The highest BCUT2D eigenvalue weighted by Gasteiger charge is 2.27.